The lowest BCUT2D eigenvalue weighted by molar-refractivity contribution is -0.139. The van der Waals surface area contributed by atoms with Crippen LogP contribution in [0.15, 0.2) is 35.2 Å². The Morgan fingerprint density at radius 3 is 2.42 bits per heavy atom. The number of hydrogen-bond acceptors (Lipinski definition) is 7. The van der Waals surface area contributed by atoms with Gasteiger partial charge in [0.2, 0.25) is 5.96 Å². The lowest BCUT2D eigenvalue weighted by atomic mass is 9.88. The molecule has 1 aliphatic rings. The number of aliphatic carboxylic acids is 1. The Kier molecular flexibility index (Phi) is 9.34. The van der Waals surface area contributed by atoms with E-state index in [-0.39, 0.29) is 36.5 Å². The third-order valence-electron chi connectivity index (χ3n) is 7.14. The van der Waals surface area contributed by atoms with Gasteiger partial charge in [0.15, 0.2) is 0 Å². The first-order chi connectivity index (χ1) is 18.7. The largest absolute Gasteiger partial charge is 0.487 e. The summed E-state index contributed by atoms with van der Waals surface area (Å²) in [4.78, 5) is 24.0. The molecule has 0 spiro atoms. The summed E-state index contributed by atoms with van der Waals surface area (Å²) in [7, 11) is -4.26. The number of fused-ring (bicyclic) bond motifs is 1. The molecule has 0 saturated heterocycles. The van der Waals surface area contributed by atoms with E-state index >= 15 is 0 Å². The highest BCUT2D eigenvalue weighted by molar-refractivity contribution is 7.89. The van der Waals surface area contributed by atoms with Crippen molar-refractivity contribution < 1.29 is 32.6 Å². The van der Waals surface area contributed by atoms with Gasteiger partial charge >= 0.3 is 12.1 Å². The van der Waals surface area contributed by atoms with Crippen LogP contribution in [0.2, 0.25) is 0 Å². The van der Waals surface area contributed by atoms with Gasteiger partial charge in [0, 0.05) is 6.54 Å². The standard InChI is InChI=1S/C28H38N4O7S/c1-17-18(2)24(19(3)21-13-14-28(4,5)39-23(17)21)40(36,37)32(26(29)30)15-9-12-22(25(33)34)31-27(35)38-16-20-10-7-6-8-11-20/h6-8,10-11,22H,9,12-16H2,1-5H3,(H3,29,30)(H,31,35)(H,33,34)/t22-/m0/s1. The number of carbonyl (C=O) groups is 2. The number of sulfonamides is 1. The Labute approximate surface area is 235 Å². The van der Waals surface area contributed by atoms with Crippen molar-refractivity contribution in [1.29, 1.82) is 5.41 Å². The molecule has 1 atom stereocenters. The van der Waals surface area contributed by atoms with Gasteiger partial charge in [-0.25, -0.2) is 22.3 Å². The quantitative estimate of drug-likeness (QED) is 0.245. The fourth-order valence-electron chi connectivity index (χ4n) is 4.82. The maximum atomic E-state index is 13.8. The zero-order valence-corrected chi connectivity index (χ0v) is 24.4. The van der Waals surface area contributed by atoms with Gasteiger partial charge in [-0.05, 0) is 88.1 Å². The molecule has 12 heteroatoms. The average molecular weight is 575 g/mol. The lowest BCUT2D eigenvalue weighted by Gasteiger charge is -2.36. The predicted octanol–water partition coefficient (Wildman–Crippen LogP) is 3.76. The van der Waals surface area contributed by atoms with Gasteiger partial charge in [-0.15, -0.1) is 0 Å². The molecular weight excluding hydrogens is 536 g/mol. The third kappa shape index (κ3) is 6.85. The molecule has 3 rings (SSSR count). The monoisotopic (exact) mass is 574 g/mol. The molecular formula is C28H38N4O7S. The first kappa shape index (κ1) is 30.7. The number of nitrogens with one attached hydrogen (secondary N) is 2. The van der Waals surface area contributed by atoms with E-state index in [1.54, 1.807) is 38.1 Å². The molecule has 5 N–H and O–H groups in total. The second kappa shape index (κ2) is 12.2. The Balaban J connectivity index is 1.75. The van der Waals surface area contributed by atoms with E-state index in [0.29, 0.717) is 28.9 Å². The molecule has 0 aliphatic carbocycles. The van der Waals surface area contributed by atoms with Gasteiger partial charge < -0.3 is 25.6 Å². The highest BCUT2D eigenvalue weighted by atomic mass is 32.2. The summed E-state index contributed by atoms with van der Waals surface area (Å²) >= 11 is 0. The fourth-order valence-corrected chi connectivity index (χ4v) is 6.72. The summed E-state index contributed by atoms with van der Waals surface area (Å²) in [5, 5.41) is 19.9. The fraction of sp³-hybridized carbons (Fsp3) is 0.464. The van der Waals surface area contributed by atoms with Gasteiger partial charge in [-0.2, -0.15) is 0 Å². The number of ether oxygens (including phenoxy) is 2. The zero-order chi connectivity index (χ0) is 29.8. The van der Waals surface area contributed by atoms with Crippen LogP contribution >= 0.6 is 0 Å². The van der Waals surface area contributed by atoms with Crippen LogP contribution in [0.3, 0.4) is 0 Å². The molecule has 40 heavy (non-hydrogen) atoms. The maximum Gasteiger partial charge on any atom is 0.408 e. The zero-order valence-electron chi connectivity index (χ0n) is 23.5. The highest BCUT2D eigenvalue weighted by Gasteiger charge is 2.36. The van der Waals surface area contributed by atoms with Gasteiger partial charge in [0.1, 0.15) is 24.0 Å². The molecule has 218 valence electrons. The number of nitrogens with zero attached hydrogens (tertiary/aromatic N) is 1. The minimum Gasteiger partial charge on any atom is -0.487 e. The van der Waals surface area contributed by atoms with Gasteiger partial charge in [-0.3, -0.25) is 5.41 Å². The molecule has 2 aromatic carbocycles. The summed E-state index contributed by atoms with van der Waals surface area (Å²) in [5.41, 5.74) is 8.67. The normalized spacial score (nSPS) is 14.8. The van der Waals surface area contributed by atoms with E-state index in [1.807, 2.05) is 26.8 Å². The van der Waals surface area contributed by atoms with Crippen LogP contribution in [-0.4, -0.2) is 54.0 Å². The van der Waals surface area contributed by atoms with Crippen LogP contribution in [0.1, 0.15) is 60.9 Å². The van der Waals surface area contributed by atoms with E-state index in [0.717, 1.165) is 21.9 Å². The number of carboxylic acid groups (broad SMARTS) is 1. The minimum atomic E-state index is -4.26. The van der Waals surface area contributed by atoms with E-state index < -0.39 is 34.1 Å². The number of hydrogen-bond donors (Lipinski definition) is 4. The summed E-state index contributed by atoms with van der Waals surface area (Å²) < 4.78 is 39.8. The van der Waals surface area contributed by atoms with E-state index in [1.165, 1.54) is 0 Å². The first-order valence-electron chi connectivity index (χ1n) is 13.0. The number of guanidine groups is 1. The molecule has 0 fully saturated rings. The maximum absolute atomic E-state index is 13.8. The molecule has 0 radical (unpaired) electrons. The van der Waals surface area contributed by atoms with E-state index in [4.69, 9.17) is 20.6 Å². The average Bonchev–Trinajstić information content (AvgIpc) is 2.87. The molecule has 11 nitrogen and oxygen atoms in total. The molecule has 2 aromatic rings. The molecule has 1 amide bonds. The van der Waals surface area contributed by atoms with Crippen molar-refractivity contribution in [1.82, 2.24) is 9.62 Å². The topological polar surface area (TPSA) is 172 Å². The van der Waals surface area contributed by atoms with E-state index in [9.17, 15) is 23.1 Å². The highest BCUT2D eigenvalue weighted by Crippen LogP contribution is 2.42. The smallest absolute Gasteiger partial charge is 0.408 e. The molecule has 0 unspecified atom stereocenters. The number of nitrogens with two attached hydrogens (primary N) is 1. The number of carbonyl (C=O) groups excluding carboxylic acids is 1. The molecule has 0 aromatic heterocycles. The number of alkyl carbamates (subject to hydrolysis) is 1. The second-order valence-corrected chi connectivity index (χ2v) is 12.4. The van der Waals surface area contributed by atoms with Crippen LogP contribution in [0, 0.1) is 26.2 Å². The van der Waals surface area contributed by atoms with Gasteiger partial charge in [0.25, 0.3) is 10.0 Å². The lowest BCUT2D eigenvalue weighted by Crippen LogP contribution is -2.44. The molecule has 1 aliphatic heterocycles. The number of benzene rings is 2. The molecule has 0 saturated carbocycles. The Hall–Kier alpha value is -3.80. The van der Waals surface area contributed by atoms with Crippen LogP contribution in [-0.2, 0) is 32.6 Å². The molecule has 1 heterocycles. The Morgan fingerprint density at radius 1 is 1.18 bits per heavy atom. The summed E-state index contributed by atoms with van der Waals surface area (Å²) in [6.45, 7) is 8.94. The van der Waals surface area contributed by atoms with Crippen LogP contribution in [0.25, 0.3) is 0 Å². The number of carboxylic acids is 1. The van der Waals surface area contributed by atoms with Crippen LogP contribution in [0.5, 0.6) is 5.75 Å². The van der Waals surface area contributed by atoms with Gasteiger partial charge in [-0.1, -0.05) is 30.3 Å². The van der Waals surface area contributed by atoms with Crippen molar-refractivity contribution in [2.45, 2.75) is 83.4 Å². The summed E-state index contributed by atoms with van der Waals surface area (Å²) in [6.07, 6.45) is 0.349. The number of rotatable bonds is 10. The van der Waals surface area contributed by atoms with E-state index in [2.05, 4.69) is 5.32 Å². The molecule has 0 bridgehead atoms. The van der Waals surface area contributed by atoms with Crippen molar-refractivity contribution in [3.05, 3.63) is 58.1 Å². The summed E-state index contributed by atoms with van der Waals surface area (Å²) in [5.74, 6) is -1.29. The Bertz CT molecular complexity index is 1390. The second-order valence-electron chi connectivity index (χ2n) is 10.6. The predicted molar refractivity (Wildman–Crippen MR) is 150 cm³/mol. The van der Waals surface area contributed by atoms with Crippen molar-refractivity contribution in [2.24, 2.45) is 5.73 Å². The van der Waals surface area contributed by atoms with Crippen LogP contribution < -0.4 is 15.8 Å². The van der Waals surface area contributed by atoms with Crippen molar-refractivity contribution in [3.8, 4) is 5.75 Å². The third-order valence-corrected chi connectivity index (χ3v) is 9.23. The number of amides is 1. The van der Waals surface area contributed by atoms with Gasteiger partial charge in [0.05, 0.1) is 4.90 Å². The van der Waals surface area contributed by atoms with Crippen molar-refractivity contribution in [3.63, 3.8) is 0 Å². The van der Waals surface area contributed by atoms with Crippen molar-refractivity contribution in [2.75, 3.05) is 6.54 Å². The first-order valence-corrected chi connectivity index (χ1v) is 14.5. The minimum absolute atomic E-state index is 0.00800. The SMILES string of the molecule is Cc1c(C)c(S(=O)(=O)N(CCC[C@H](NC(=O)OCc2ccccc2)C(=O)O)C(=N)N)c(C)c2c1OC(C)(C)CC2. The van der Waals surface area contributed by atoms with Crippen LogP contribution in [0.4, 0.5) is 4.79 Å². The summed E-state index contributed by atoms with van der Waals surface area (Å²) in [6, 6.07) is 7.59. The Morgan fingerprint density at radius 2 is 1.82 bits per heavy atom. The van der Waals surface area contributed by atoms with Crippen molar-refractivity contribution >= 4 is 28.0 Å².